The first kappa shape index (κ1) is 19.4. The van der Waals surface area contributed by atoms with Gasteiger partial charge < -0.3 is 14.5 Å². The van der Waals surface area contributed by atoms with E-state index in [1.165, 1.54) is 13.2 Å². The molecule has 1 aromatic carbocycles. The molecule has 1 fully saturated rings. The molecule has 1 aliphatic heterocycles. The summed E-state index contributed by atoms with van der Waals surface area (Å²) in [6.07, 6.45) is 1.80. The van der Waals surface area contributed by atoms with Crippen LogP contribution in [0.5, 0.6) is 0 Å². The summed E-state index contributed by atoms with van der Waals surface area (Å²) in [4.78, 5) is 24.3. The molecule has 0 saturated carbocycles. The Morgan fingerprint density at radius 1 is 1.37 bits per heavy atom. The molecule has 0 radical (unpaired) electrons. The van der Waals surface area contributed by atoms with Gasteiger partial charge in [0.1, 0.15) is 5.58 Å². The lowest BCUT2D eigenvalue weighted by Crippen LogP contribution is -2.42. The third-order valence-corrected chi connectivity index (χ3v) is 6.49. The van der Waals surface area contributed by atoms with Crippen molar-refractivity contribution in [3.8, 4) is 0 Å². The second-order valence-corrected chi connectivity index (χ2v) is 9.09. The van der Waals surface area contributed by atoms with E-state index in [2.05, 4.69) is 12.2 Å². The number of furan rings is 1. The van der Waals surface area contributed by atoms with E-state index in [9.17, 15) is 18.0 Å². The fraction of sp³-hybridized carbons (Fsp3) is 0.474. The van der Waals surface area contributed by atoms with Crippen LogP contribution in [0.2, 0.25) is 0 Å². The van der Waals surface area contributed by atoms with Crippen molar-refractivity contribution in [3.05, 3.63) is 35.6 Å². The molecular weight excluding hydrogens is 370 g/mol. The highest BCUT2D eigenvalue weighted by Crippen LogP contribution is 2.23. The summed E-state index contributed by atoms with van der Waals surface area (Å²) in [5.74, 6) is -1.03. The summed E-state index contributed by atoms with van der Waals surface area (Å²) in [7, 11) is -3.08. The van der Waals surface area contributed by atoms with E-state index < -0.39 is 33.9 Å². The van der Waals surface area contributed by atoms with Gasteiger partial charge in [-0.05, 0) is 31.4 Å². The van der Waals surface area contributed by atoms with Gasteiger partial charge in [-0.15, -0.1) is 0 Å². The van der Waals surface area contributed by atoms with Crippen molar-refractivity contribution in [2.45, 2.75) is 45.3 Å². The zero-order chi connectivity index (χ0) is 19.6. The SMILES string of the molecule is CCc1ccc2c(CC(=O)O[C@@H](C)C(=O)N[C@H]3CCS(=O)(=O)C3)coc2c1. The number of sulfone groups is 1. The summed E-state index contributed by atoms with van der Waals surface area (Å²) in [5.41, 5.74) is 2.56. The Balaban J connectivity index is 1.56. The van der Waals surface area contributed by atoms with Crippen LogP contribution in [0.25, 0.3) is 11.0 Å². The van der Waals surface area contributed by atoms with E-state index in [4.69, 9.17) is 9.15 Å². The summed E-state index contributed by atoms with van der Waals surface area (Å²) >= 11 is 0. The second kappa shape index (κ2) is 7.72. The predicted molar refractivity (Wildman–Crippen MR) is 100 cm³/mol. The number of hydrogen-bond donors (Lipinski definition) is 1. The Morgan fingerprint density at radius 2 is 2.15 bits per heavy atom. The zero-order valence-electron chi connectivity index (χ0n) is 15.4. The fourth-order valence-corrected chi connectivity index (χ4v) is 4.83. The summed E-state index contributed by atoms with van der Waals surface area (Å²) in [6.45, 7) is 3.52. The van der Waals surface area contributed by atoms with Gasteiger partial charge in [0, 0.05) is 17.0 Å². The zero-order valence-corrected chi connectivity index (χ0v) is 16.2. The molecule has 2 heterocycles. The van der Waals surface area contributed by atoms with Crippen LogP contribution in [0.4, 0.5) is 0 Å². The maximum atomic E-state index is 12.2. The van der Waals surface area contributed by atoms with Crippen LogP contribution in [0.3, 0.4) is 0 Å². The molecule has 0 aliphatic carbocycles. The molecular formula is C19H23NO6S. The maximum absolute atomic E-state index is 12.2. The van der Waals surface area contributed by atoms with Gasteiger partial charge in [0.2, 0.25) is 0 Å². The van der Waals surface area contributed by atoms with Crippen LogP contribution in [-0.4, -0.2) is 43.9 Å². The molecule has 8 heteroatoms. The minimum atomic E-state index is -3.08. The number of esters is 1. The summed E-state index contributed by atoms with van der Waals surface area (Å²) in [6, 6.07) is 5.42. The Bertz CT molecular complexity index is 962. The van der Waals surface area contributed by atoms with Crippen LogP contribution in [0, 0.1) is 0 Å². The normalized spacial score (nSPS) is 19.7. The highest BCUT2D eigenvalue weighted by atomic mass is 32.2. The van der Waals surface area contributed by atoms with Crippen molar-refractivity contribution in [2.24, 2.45) is 0 Å². The monoisotopic (exact) mass is 393 g/mol. The minimum absolute atomic E-state index is 0.00605. The van der Waals surface area contributed by atoms with E-state index in [-0.39, 0.29) is 17.9 Å². The van der Waals surface area contributed by atoms with E-state index in [1.54, 1.807) is 0 Å². The summed E-state index contributed by atoms with van der Waals surface area (Å²) in [5, 5.41) is 3.47. The van der Waals surface area contributed by atoms with E-state index >= 15 is 0 Å². The number of amides is 1. The average molecular weight is 393 g/mol. The van der Waals surface area contributed by atoms with Crippen LogP contribution in [0.15, 0.2) is 28.9 Å². The fourth-order valence-electron chi connectivity index (χ4n) is 3.16. The Morgan fingerprint density at radius 3 is 2.81 bits per heavy atom. The van der Waals surface area contributed by atoms with Crippen LogP contribution < -0.4 is 5.32 Å². The molecule has 146 valence electrons. The van der Waals surface area contributed by atoms with Crippen molar-refractivity contribution in [1.82, 2.24) is 5.32 Å². The standard InChI is InChI=1S/C19H23NO6S/c1-3-13-4-5-16-14(10-25-17(16)8-13)9-18(21)26-12(2)19(22)20-15-6-7-27(23,24)11-15/h4-5,8,10,12,15H,3,6-7,9,11H2,1-2H3,(H,20,22)/t12-,15-/m0/s1. The molecule has 1 amide bonds. The van der Waals surface area contributed by atoms with Gasteiger partial charge in [-0.3, -0.25) is 9.59 Å². The van der Waals surface area contributed by atoms with Crippen molar-refractivity contribution < 1.29 is 27.2 Å². The molecule has 3 rings (SSSR count). The number of rotatable bonds is 6. The van der Waals surface area contributed by atoms with Gasteiger partial charge in [0.15, 0.2) is 15.9 Å². The lowest BCUT2D eigenvalue weighted by Gasteiger charge is -2.16. The first-order chi connectivity index (χ1) is 12.8. The molecule has 2 atom stereocenters. The van der Waals surface area contributed by atoms with Crippen molar-refractivity contribution in [3.63, 3.8) is 0 Å². The number of aryl methyl sites for hydroxylation is 1. The van der Waals surface area contributed by atoms with E-state index in [0.29, 0.717) is 17.6 Å². The first-order valence-corrected chi connectivity index (χ1v) is 10.8. The van der Waals surface area contributed by atoms with Crippen LogP contribution >= 0.6 is 0 Å². The van der Waals surface area contributed by atoms with Crippen LogP contribution in [-0.2, 0) is 37.0 Å². The smallest absolute Gasteiger partial charge is 0.311 e. The van der Waals surface area contributed by atoms with Gasteiger partial charge in [-0.1, -0.05) is 19.1 Å². The van der Waals surface area contributed by atoms with Crippen molar-refractivity contribution in [2.75, 3.05) is 11.5 Å². The minimum Gasteiger partial charge on any atom is -0.464 e. The molecule has 7 nitrogen and oxygen atoms in total. The quantitative estimate of drug-likeness (QED) is 0.751. The third kappa shape index (κ3) is 4.68. The van der Waals surface area contributed by atoms with Crippen molar-refractivity contribution in [1.29, 1.82) is 0 Å². The number of carbonyl (C=O) groups excluding carboxylic acids is 2. The third-order valence-electron chi connectivity index (χ3n) is 4.72. The number of ether oxygens (including phenoxy) is 1. The van der Waals surface area contributed by atoms with Gasteiger partial charge in [-0.2, -0.15) is 0 Å². The van der Waals surface area contributed by atoms with Gasteiger partial charge in [-0.25, -0.2) is 8.42 Å². The number of nitrogens with one attached hydrogen (secondary N) is 1. The predicted octanol–water partition coefficient (Wildman–Crippen LogP) is 1.77. The number of benzene rings is 1. The molecule has 1 aromatic heterocycles. The number of hydrogen-bond acceptors (Lipinski definition) is 6. The summed E-state index contributed by atoms with van der Waals surface area (Å²) < 4.78 is 33.6. The van der Waals surface area contributed by atoms with Crippen molar-refractivity contribution >= 4 is 32.7 Å². The van der Waals surface area contributed by atoms with Gasteiger partial charge >= 0.3 is 5.97 Å². The molecule has 1 N–H and O–H groups in total. The van der Waals surface area contributed by atoms with Gasteiger partial charge in [0.05, 0.1) is 24.2 Å². The highest BCUT2D eigenvalue weighted by molar-refractivity contribution is 7.91. The number of fused-ring (bicyclic) bond motifs is 1. The van der Waals surface area contributed by atoms with Gasteiger partial charge in [0.25, 0.3) is 5.91 Å². The lowest BCUT2D eigenvalue weighted by atomic mass is 10.1. The Kier molecular flexibility index (Phi) is 5.55. The lowest BCUT2D eigenvalue weighted by molar-refractivity contribution is -0.154. The molecule has 0 unspecified atom stereocenters. The Labute approximate surface area is 158 Å². The van der Waals surface area contributed by atoms with E-state index in [0.717, 1.165) is 17.4 Å². The molecule has 2 aromatic rings. The molecule has 0 spiro atoms. The highest BCUT2D eigenvalue weighted by Gasteiger charge is 2.30. The Hall–Kier alpha value is -2.35. The first-order valence-electron chi connectivity index (χ1n) is 8.96. The maximum Gasteiger partial charge on any atom is 0.311 e. The molecule has 1 saturated heterocycles. The number of carbonyl (C=O) groups is 2. The molecule has 0 bridgehead atoms. The van der Waals surface area contributed by atoms with Crippen LogP contribution in [0.1, 0.15) is 31.4 Å². The molecule has 1 aliphatic rings. The molecule has 27 heavy (non-hydrogen) atoms. The second-order valence-electron chi connectivity index (χ2n) is 6.86. The van der Waals surface area contributed by atoms with E-state index in [1.807, 2.05) is 18.2 Å². The largest absolute Gasteiger partial charge is 0.464 e. The average Bonchev–Trinajstić information content (AvgIpc) is 3.16. The topological polar surface area (TPSA) is 103 Å².